The van der Waals surface area contributed by atoms with E-state index in [-0.39, 0.29) is 5.75 Å². The second-order valence-corrected chi connectivity index (χ2v) is 11.7. The lowest BCUT2D eigenvalue weighted by atomic mass is 10.2. The average molecular weight is 436 g/mol. The molecule has 3 rings (SSSR count). The van der Waals surface area contributed by atoms with Gasteiger partial charge in [-0.25, -0.2) is 8.42 Å². The first-order valence-corrected chi connectivity index (χ1v) is 12.6. The number of aryl methyl sites for hydroxylation is 1. The van der Waals surface area contributed by atoms with Crippen LogP contribution in [-0.4, -0.2) is 94.1 Å². The van der Waals surface area contributed by atoms with Crippen molar-refractivity contribution in [3.8, 4) is 0 Å². The summed E-state index contributed by atoms with van der Waals surface area (Å²) in [6, 6.07) is 8.74. The minimum Gasteiger partial charge on any atom is -0.369 e. The van der Waals surface area contributed by atoms with Crippen LogP contribution < -0.4 is 10.2 Å². The monoisotopic (exact) mass is 435 g/mol. The molecule has 2 fully saturated rings. The van der Waals surface area contributed by atoms with Gasteiger partial charge in [0.1, 0.15) is 0 Å². The molecule has 0 atom stereocenters. The second kappa shape index (κ2) is 9.56. The zero-order valence-corrected chi connectivity index (χ0v) is 19.7. The number of sulfone groups is 1. The minimum absolute atomic E-state index is 0.186. The number of benzene rings is 1. The molecule has 30 heavy (non-hydrogen) atoms. The molecule has 0 unspecified atom stereocenters. The smallest absolute Gasteiger partial charge is 0.193 e. The lowest BCUT2D eigenvalue weighted by Gasteiger charge is -2.39. The summed E-state index contributed by atoms with van der Waals surface area (Å²) in [5, 5.41) is 3.43. The van der Waals surface area contributed by atoms with Crippen LogP contribution >= 0.6 is 0 Å². The molecule has 168 valence electrons. The first kappa shape index (κ1) is 22.9. The Morgan fingerprint density at radius 2 is 1.90 bits per heavy atom. The zero-order chi connectivity index (χ0) is 21.8. The van der Waals surface area contributed by atoms with Gasteiger partial charge in [0.05, 0.1) is 10.5 Å². The van der Waals surface area contributed by atoms with Crippen molar-refractivity contribution in [2.45, 2.75) is 31.9 Å². The lowest BCUT2D eigenvalue weighted by molar-refractivity contribution is 0.254. The lowest BCUT2D eigenvalue weighted by Crippen LogP contribution is -2.57. The number of guanidine groups is 1. The molecule has 0 bridgehead atoms. The quantitative estimate of drug-likeness (QED) is 0.430. The third-order valence-electron chi connectivity index (χ3n) is 6.23. The number of nitrogens with one attached hydrogen (secondary N) is 1. The van der Waals surface area contributed by atoms with E-state index in [1.807, 2.05) is 0 Å². The Labute approximate surface area is 182 Å². The summed E-state index contributed by atoms with van der Waals surface area (Å²) in [6.07, 6.45) is 1.04. The molecule has 2 aliphatic heterocycles. The second-order valence-electron chi connectivity index (χ2n) is 9.00. The van der Waals surface area contributed by atoms with Crippen LogP contribution in [0.4, 0.5) is 5.69 Å². The number of anilines is 1. The van der Waals surface area contributed by atoms with Crippen molar-refractivity contribution in [2.75, 3.05) is 70.1 Å². The molecule has 0 radical (unpaired) electrons. The van der Waals surface area contributed by atoms with Crippen LogP contribution in [0.15, 0.2) is 29.3 Å². The molecular formula is C22H37N5O2S. The summed E-state index contributed by atoms with van der Waals surface area (Å²) in [7, 11) is -1.27. The highest BCUT2D eigenvalue weighted by molar-refractivity contribution is 7.92. The highest BCUT2D eigenvalue weighted by atomic mass is 32.2. The first-order valence-electron chi connectivity index (χ1n) is 10.9. The van der Waals surface area contributed by atoms with Crippen LogP contribution in [0.1, 0.15) is 25.8 Å². The largest absolute Gasteiger partial charge is 0.369 e. The van der Waals surface area contributed by atoms with Gasteiger partial charge in [0.2, 0.25) is 0 Å². The van der Waals surface area contributed by atoms with Gasteiger partial charge in [-0.15, -0.1) is 0 Å². The maximum atomic E-state index is 12.2. The number of nitrogens with zero attached hydrogens (tertiary/aromatic N) is 4. The summed E-state index contributed by atoms with van der Waals surface area (Å²) in [6.45, 7) is 12.9. The number of hydrogen-bond acceptors (Lipinski definition) is 5. The summed E-state index contributed by atoms with van der Waals surface area (Å²) in [5.74, 6) is 0.994. The van der Waals surface area contributed by atoms with Crippen LogP contribution in [0.5, 0.6) is 0 Å². The number of aliphatic imine (C=N–C) groups is 1. The number of hydrogen-bond donors (Lipinski definition) is 1. The maximum Gasteiger partial charge on any atom is 0.193 e. The fraction of sp³-hybridized carbons (Fsp3) is 0.682. The van der Waals surface area contributed by atoms with E-state index >= 15 is 0 Å². The van der Waals surface area contributed by atoms with Gasteiger partial charge in [0.25, 0.3) is 0 Å². The minimum atomic E-state index is -3.04. The topological polar surface area (TPSA) is 68.2 Å². The molecule has 7 nitrogen and oxygen atoms in total. The van der Waals surface area contributed by atoms with Gasteiger partial charge in [0, 0.05) is 58.5 Å². The summed E-state index contributed by atoms with van der Waals surface area (Å²) >= 11 is 0. The number of rotatable bonds is 5. The van der Waals surface area contributed by atoms with Crippen LogP contribution in [0.25, 0.3) is 0 Å². The van der Waals surface area contributed by atoms with Crippen molar-refractivity contribution in [3.05, 3.63) is 29.8 Å². The predicted octanol–water partition coefficient (Wildman–Crippen LogP) is 1.59. The van der Waals surface area contributed by atoms with E-state index in [0.717, 1.165) is 51.6 Å². The Balaban J connectivity index is 1.39. The average Bonchev–Trinajstić information content (AvgIpc) is 2.71. The Morgan fingerprint density at radius 1 is 1.17 bits per heavy atom. The fourth-order valence-electron chi connectivity index (χ4n) is 4.21. The molecule has 8 heteroatoms. The van der Waals surface area contributed by atoms with Gasteiger partial charge in [-0.1, -0.05) is 12.1 Å². The maximum absolute atomic E-state index is 12.2. The first-order chi connectivity index (χ1) is 14.2. The fourth-order valence-corrected chi connectivity index (χ4v) is 5.58. The van der Waals surface area contributed by atoms with Gasteiger partial charge in [0.15, 0.2) is 15.8 Å². The molecule has 0 amide bonds. The van der Waals surface area contributed by atoms with Crippen molar-refractivity contribution in [1.29, 1.82) is 0 Å². The summed E-state index contributed by atoms with van der Waals surface area (Å²) in [5.41, 5.74) is 2.63. The third-order valence-corrected chi connectivity index (χ3v) is 8.76. The molecule has 0 spiro atoms. The van der Waals surface area contributed by atoms with E-state index in [1.54, 1.807) is 20.9 Å². The van der Waals surface area contributed by atoms with Crippen LogP contribution in [-0.2, 0) is 9.84 Å². The Kier molecular flexibility index (Phi) is 7.29. The highest BCUT2D eigenvalue weighted by Gasteiger charge is 2.40. The molecule has 1 aromatic rings. The Bertz CT molecular complexity index is 845. The van der Waals surface area contributed by atoms with Crippen molar-refractivity contribution in [3.63, 3.8) is 0 Å². The van der Waals surface area contributed by atoms with Gasteiger partial charge >= 0.3 is 0 Å². The third kappa shape index (κ3) is 5.46. The Morgan fingerprint density at radius 3 is 2.53 bits per heavy atom. The van der Waals surface area contributed by atoms with E-state index in [9.17, 15) is 8.42 Å². The van der Waals surface area contributed by atoms with Gasteiger partial charge < -0.3 is 15.1 Å². The van der Waals surface area contributed by atoms with Gasteiger partial charge in [-0.3, -0.25) is 9.89 Å². The van der Waals surface area contributed by atoms with Crippen molar-refractivity contribution in [1.82, 2.24) is 15.1 Å². The molecule has 0 aromatic heterocycles. The molecule has 2 heterocycles. The highest BCUT2D eigenvalue weighted by Crippen LogP contribution is 2.23. The van der Waals surface area contributed by atoms with E-state index < -0.39 is 14.6 Å². The van der Waals surface area contributed by atoms with Crippen molar-refractivity contribution < 1.29 is 8.42 Å². The zero-order valence-electron chi connectivity index (χ0n) is 18.9. The summed E-state index contributed by atoms with van der Waals surface area (Å²) < 4.78 is 23.7. The molecule has 2 saturated heterocycles. The van der Waals surface area contributed by atoms with Crippen molar-refractivity contribution in [2.24, 2.45) is 4.99 Å². The van der Waals surface area contributed by atoms with Gasteiger partial charge in [-0.05, 0) is 51.4 Å². The van der Waals surface area contributed by atoms with E-state index in [2.05, 4.69) is 56.2 Å². The standard InChI is InChI=1S/C22H37N5O2S/c1-19-7-5-8-20(17-19)26-13-11-25(12-14-26)10-6-9-24-21(23-4)27-15-16-30(28,29)22(2,3)18-27/h5,7-8,17H,6,9-16,18H2,1-4H3,(H,23,24). The van der Waals surface area contributed by atoms with E-state index in [4.69, 9.17) is 0 Å². The normalized spacial score (nSPS) is 22.2. The molecule has 1 N–H and O–H groups in total. The van der Waals surface area contributed by atoms with Crippen molar-refractivity contribution >= 4 is 21.5 Å². The predicted molar refractivity (Wildman–Crippen MR) is 125 cm³/mol. The van der Waals surface area contributed by atoms with Crippen LogP contribution in [0, 0.1) is 6.92 Å². The molecule has 2 aliphatic rings. The summed E-state index contributed by atoms with van der Waals surface area (Å²) in [4.78, 5) is 11.4. The SMILES string of the molecule is CN=C(NCCCN1CCN(c2cccc(C)c2)CC1)N1CCS(=O)(=O)C(C)(C)C1. The Hall–Kier alpha value is -1.80. The molecule has 0 saturated carbocycles. The molecule has 1 aromatic carbocycles. The van der Waals surface area contributed by atoms with Crippen LogP contribution in [0.3, 0.4) is 0 Å². The molecule has 0 aliphatic carbocycles. The number of piperazine rings is 1. The van der Waals surface area contributed by atoms with Gasteiger partial charge in [-0.2, -0.15) is 0 Å². The molecular weight excluding hydrogens is 398 g/mol. The van der Waals surface area contributed by atoms with Crippen LogP contribution in [0.2, 0.25) is 0 Å². The van der Waals surface area contributed by atoms with E-state index in [1.165, 1.54) is 11.3 Å². The van der Waals surface area contributed by atoms with E-state index in [0.29, 0.717) is 13.1 Å².